The summed E-state index contributed by atoms with van der Waals surface area (Å²) in [5.41, 5.74) is 3.28. The summed E-state index contributed by atoms with van der Waals surface area (Å²) in [5.74, 6) is -0.371. The van der Waals surface area contributed by atoms with Gasteiger partial charge in [-0.3, -0.25) is 14.3 Å². The molecule has 0 aliphatic carbocycles. The minimum absolute atomic E-state index is 0.00540. The molecule has 2 aromatic heterocycles. The lowest BCUT2D eigenvalue weighted by Gasteiger charge is -2.10. The van der Waals surface area contributed by atoms with Gasteiger partial charge in [0.2, 0.25) is 5.91 Å². The summed E-state index contributed by atoms with van der Waals surface area (Å²) in [4.78, 5) is 27.0. The molecule has 0 radical (unpaired) electrons. The second-order valence-electron chi connectivity index (χ2n) is 6.53. The molecule has 0 fully saturated rings. The maximum Gasteiger partial charge on any atom is 0.261 e. The van der Waals surface area contributed by atoms with Gasteiger partial charge >= 0.3 is 0 Å². The average molecular weight is 370 g/mol. The highest BCUT2D eigenvalue weighted by Crippen LogP contribution is 2.28. The van der Waals surface area contributed by atoms with E-state index in [1.165, 1.54) is 21.8 Å². The van der Waals surface area contributed by atoms with Gasteiger partial charge in [-0.15, -0.1) is 11.3 Å². The molecule has 0 spiro atoms. The van der Waals surface area contributed by atoms with Gasteiger partial charge in [0, 0.05) is 19.5 Å². The Labute approximate surface area is 156 Å². The maximum absolute atomic E-state index is 12.4. The number of carbonyl (C=O) groups is 2. The topological polar surface area (TPSA) is 67.2 Å². The lowest BCUT2D eigenvalue weighted by molar-refractivity contribution is -0.127. The van der Waals surface area contributed by atoms with E-state index in [2.05, 4.69) is 41.6 Å². The molecule has 3 aromatic rings. The van der Waals surface area contributed by atoms with Crippen molar-refractivity contribution in [2.45, 2.75) is 20.4 Å². The van der Waals surface area contributed by atoms with Crippen molar-refractivity contribution in [1.29, 1.82) is 0 Å². The van der Waals surface area contributed by atoms with Crippen LogP contribution in [0.15, 0.2) is 30.3 Å². The van der Waals surface area contributed by atoms with E-state index < -0.39 is 0 Å². The number of thiophene rings is 1. The SMILES string of the molecule is Cc1ccc(Cn2nc(C)c3cc(C(=O)NCC(=O)N(C)C)sc32)cc1. The molecule has 26 heavy (non-hydrogen) atoms. The van der Waals surface area contributed by atoms with Crippen LogP contribution in [0.4, 0.5) is 0 Å². The van der Waals surface area contributed by atoms with Crippen molar-refractivity contribution < 1.29 is 9.59 Å². The Bertz CT molecular complexity index is 954. The number of benzene rings is 1. The highest BCUT2D eigenvalue weighted by molar-refractivity contribution is 7.20. The maximum atomic E-state index is 12.4. The zero-order valence-electron chi connectivity index (χ0n) is 15.4. The minimum atomic E-state index is -0.234. The first-order chi connectivity index (χ1) is 12.3. The fraction of sp³-hybridized carbons (Fsp3) is 0.316. The average Bonchev–Trinajstić information content (AvgIpc) is 3.16. The van der Waals surface area contributed by atoms with Crippen molar-refractivity contribution in [3.05, 3.63) is 52.0 Å². The second kappa shape index (κ2) is 7.29. The van der Waals surface area contributed by atoms with E-state index in [9.17, 15) is 9.59 Å². The lowest BCUT2D eigenvalue weighted by Crippen LogP contribution is -2.35. The first kappa shape index (κ1) is 18.1. The molecule has 6 nitrogen and oxygen atoms in total. The normalized spacial score (nSPS) is 10.9. The van der Waals surface area contributed by atoms with Gasteiger partial charge in [-0.1, -0.05) is 29.8 Å². The standard InChI is InChI=1S/C19H22N4O2S/c1-12-5-7-14(8-6-12)11-23-19-15(13(2)21-23)9-16(26-19)18(25)20-10-17(24)22(3)4/h5-9H,10-11H2,1-4H3,(H,20,25). The number of hydrogen-bond acceptors (Lipinski definition) is 4. The number of carbonyl (C=O) groups excluding carboxylic acids is 2. The number of likely N-dealkylation sites (N-methyl/N-ethyl adjacent to an activating group) is 1. The van der Waals surface area contributed by atoms with Gasteiger partial charge in [-0.05, 0) is 25.5 Å². The Balaban J connectivity index is 1.81. The molecule has 0 saturated heterocycles. The Hall–Kier alpha value is -2.67. The molecule has 0 saturated carbocycles. The van der Waals surface area contributed by atoms with Gasteiger partial charge in [0.25, 0.3) is 5.91 Å². The van der Waals surface area contributed by atoms with Gasteiger partial charge in [-0.25, -0.2) is 0 Å². The van der Waals surface area contributed by atoms with Crippen LogP contribution >= 0.6 is 11.3 Å². The van der Waals surface area contributed by atoms with E-state index in [-0.39, 0.29) is 18.4 Å². The summed E-state index contributed by atoms with van der Waals surface area (Å²) in [7, 11) is 3.33. The van der Waals surface area contributed by atoms with Gasteiger partial charge < -0.3 is 10.2 Å². The van der Waals surface area contributed by atoms with Crippen molar-refractivity contribution in [2.75, 3.05) is 20.6 Å². The highest BCUT2D eigenvalue weighted by Gasteiger charge is 2.17. The first-order valence-corrected chi connectivity index (χ1v) is 9.17. The fourth-order valence-corrected chi connectivity index (χ4v) is 3.68. The number of amides is 2. The van der Waals surface area contributed by atoms with Crippen LogP contribution in [0.5, 0.6) is 0 Å². The number of fused-ring (bicyclic) bond motifs is 1. The summed E-state index contributed by atoms with van der Waals surface area (Å²) in [5, 5.41) is 8.25. The van der Waals surface area contributed by atoms with Crippen molar-refractivity contribution in [1.82, 2.24) is 20.0 Å². The summed E-state index contributed by atoms with van der Waals surface area (Å²) >= 11 is 1.40. The Morgan fingerprint density at radius 2 is 1.88 bits per heavy atom. The van der Waals surface area contributed by atoms with Crippen LogP contribution in [0.1, 0.15) is 26.5 Å². The Morgan fingerprint density at radius 3 is 2.54 bits per heavy atom. The number of hydrogen-bond donors (Lipinski definition) is 1. The van der Waals surface area contributed by atoms with Crippen LogP contribution in [0, 0.1) is 13.8 Å². The molecule has 0 unspecified atom stereocenters. The minimum Gasteiger partial charge on any atom is -0.347 e. The number of aryl methyl sites for hydroxylation is 2. The monoisotopic (exact) mass is 370 g/mol. The van der Waals surface area contributed by atoms with Crippen LogP contribution in [-0.4, -0.2) is 47.1 Å². The number of nitrogens with zero attached hydrogens (tertiary/aromatic N) is 3. The molecular formula is C19H22N4O2S. The predicted octanol–water partition coefficient (Wildman–Crippen LogP) is 2.58. The molecular weight excluding hydrogens is 348 g/mol. The molecule has 0 aliphatic rings. The smallest absolute Gasteiger partial charge is 0.261 e. The lowest BCUT2D eigenvalue weighted by atomic mass is 10.1. The van der Waals surface area contributed by atoms with E-state index in [0.29, 0.717) is 11.4 Å². The van der Waals surface area contributed by atoms with Crippen LogP contribution in [0.3, 0.4) is 0 Å². The zero-order chi connectivity index (χ0) is 18.8. The third-order valence-corrected chi connectivity index (χ3v) is 5.33. The molecule has 3 rings (SSSR count). The van der Waals surface area contributed by atoms with Crippen LogP contribution in [-0.2, 0) is 11.3 Å². The summed E-state index contributed by atoms with van der Waals surface area (Å²) in [6, 6.07) is 10.2. The van der Waals surface area contributed by atoms with E-state index in [4.69, 9.17) is 0 Å². The fourth-order valence-electron chi connectivity index (χ4n) is 2.60. The summed E-state index contributed by atoms with van der Waals surface area (Å²) in [6.07, 6.45) is 0. The van der Waals surface area contributed by atoms with E-state index in [0.717, 1.165) is 21.5 Å². The molecule has 0 bridgehead atoms. The summed E-state index contributed by atoms with van der Waals surface area (Å²) < 4.78 is 1.93. The first-order valence-electron chi connectivity index (χ1n) is 8.36. The predicted molar refractivity (Wildman–Crippen MR) is 104 cm³/mol. The molecule has 2 heterocycles. The Kier molecular flexibility index (Phi) is 5.08. The quantitative estimate of drug-likeness (QED) is 0.751. The van der Waals surface area contributed by atoms with Crippen molar-refractivity contribution in [3.8, 4) is 0 Å². The van der Waals surface area contributed by atoms with Gasteiger partial charge in [0.1, 0.15) is 4.83 Å². The largest absolute Gasteiger partial charge is 0.347 e. The molecule has 2 amide bonds. The van der Waals surface area contributed by atoms with E-state index in [1.807, 2.05) is 17.7 Å². The molecule has 0 aliphatic heterocycles. The van der Waals surface area contributed by atoms with Crippen molar-refractivity contribution in [2.24, 2.45) is 0 Å². The third-order valence-electron chi connectivity index (χ3n) is 4.18. The number of aromatic nitrogens is 2. The highest BCUT2D eigenvalue weighted by atomic mass is 32.1. The zero-order valence-corrected chi connectivity index (χ0v) is 16.2. The van der Waals surface area contributed by atoms with Crippen molar-refractivity contribution in [3.63, 3.8) is 0 Å². The molecule has 1 aromatic carbocycles. The summed E-state index contributed by atoms with van der Waals surface area (Å²) in [6.45, 7) is 4.66. The van der Waals surface area contributed by atoms with Crippen LogP contribution in [0.25, 0.3) is 10.2 Å². The van der Waals surface area contributed by atoms with E-state index in [1.54, 1.807) is 14.1 Å². The van der Waals surface area contributed by atoms with Gasteiger partial charge in [0.05, 0.1) is 23.7 Å². The molecule has 7 heteroatoms. The molecule has 136 valence electrons. The number of nitrogens with one attached hydrogen (secondary N) is 1. The Morgan fingerprint density at radius 1 is 1.19 bits per heavy atom. The molecule has 0 atom stereocenters. The third kappa shape index (κ3) is 3.77. The second-order valence-corrected chi connectivity index (χ2v) is 7.56. The molecule has 1 N–H and O–H groups in total. The van der Waals surface area contributed by atoms with Gasteiger partial charge in [-0.2, -0.15) is 5.10 Å². The van der Waals surface area contributed by atoms with E-state index >= 15 is 0 Å². The van der Waals surface area contributed by atoms with Crippen molar-refractivity contribution >= 4 is 33.4 Å². The number of rotatable bonds is 5. The van der Waals surface area contributed by atoms with Gasteiger partial charge in [0.15, 0.2) is 0 Å². The van der Waals surface area contributed by atoms with Crippen LogP contribution in [0.2, 0.25) is 0 Å². The van der Waals surface area contributed by atoms with Crippen LogP contribution < -0.4 is 5.32 Å².